The van der Waals surface area contributed by atoms with Gasteiger partial charge < -0.3 is 14.8 Å². The first-order chi connectivity index (χ1) is 11.2. The fourth-order valence-corrected chi connectivity index (χ4v) is 2.31. The van der Waals surface area contributed by atoms with Gasteiger partial charge in [-0.25, -0.2) is 14.6 Å². The maximum Gasteiger partial charge on any atom is 0.331 e. The van der Waals surface area contributed by atoms with E-state index in [1.54, 1.807) is 12.3 Å². The number of rotatable bonds is 7. The van der Waals surface area contributed by atoms with Crippen LogP contribution in [-0.2, 0) is 25.7 Å². The molecule has 120 valence electrons. The molecule has 0 aliphatic rings. The van der Waals surface area contributed by atoms with Gasteiger partial charge in [-0.15, -0.1) is 11.3 Å². The van der Waals surface area contributed by atoms with Crippen LogP contribution in [0.2, 0.25) is 0 Å². The van der Waals surface area contributed by atoms with E-state index in [9.17, 15) is 9.59 Å². The van der Waals surface area contributed by atoms with Crippen LogP contribution in [0.1, 0.15) is 12.6 Å². The number of aromatic nitrogens is 1. The van der Waals surface area contributed by atoms with Crippen LogP contribution in [0.3, 0.4) is 0 Å². The number of anilines is 2. The maximum absolute atomic E-state index is 11.5. The van der Waals surface area contributed by atoms with E-state index in [0.717, 1.165) is 17.8 Å². The first-order valence-corrected chi connectivity index (χ1v) is 7.83. The van der Waals surface area contributed by atoms with E-state index in [1.165, 1.54) is 11.3 Å². The van der Waals surface area contributed by atoms with Crippen molar-refractivity contribution >= 4 is 34.1 Å². The highest BCUT2D eigenvalue weighted by Crippen LogP contribution is 2.20. The zero-order valence-electron chi connectivity index (χ0n) is 12.5. The second-order valence-corrected chi connectivity index (χ2v) is 5.19. The predicted octanol–water partition coefficient (Wildman–Crippen LogP) is 3.05. The minimum Gasteiger partial charge on any atom is -0.463 e. The average Bonchev–Trinajstić information content (AvgIpc) is 3.00. The monoisotopic (exact) mass is 332 g/mol. The Balaban J connectivity index is 1.80. The van der Waals surface area contributed by atoms with Crippen LogP contribution >= 0.6 is 11.3 Å². The fraction of sp³-hybridized carbons (Fsp3) is 0.188. The van der Waals surface area contributed by atoms with E-state index in [2.05, 4.69) is 15.0 Å². The Bertz CT molecular complexity index is 682. The molecular formula is C16H16N2O4S. The van der Waals surface area contributed by atoms with E-state index in [4.69, 9.17) is 4.74 Å². The largest absolute Gasteiger partial charge is 0.463 e. The van der Waals surface area contributed by atoms with Crippen LogP contribution in [0.4, 0.5) is 10.8 Å². The lowest BCUT2D eigenvalue weighted by Gasteiger charge is -2.01. The minimum absolute atomic E-state index is 0.0406. The first-order valence-electron chi connectivity index (χ1n) is 6.95. The molecule has 1 aromatic heterocycles. The van der Waals surface area contributed by atoms with Crippen molar-refractivity contribution in [3.63, 3.8) is 0 Å². The van der Waals surface area contributed by atoms with Gasteiger partial charge in [0.25, 0.3) is 0 Å². The summed E-state index contributed by atoms with van der Waals surface area (Å²) in [5, 5.41) is 5.67. The predicted molar refractivity (Wildman–Crippen MR) is 87.4 cm³/mol. The molecule has 0 unspecified atom stereocenters. The number of ether oxygens (including phenoxy) is 2. The molecule has 0 aliphatic heterocycles. The molecule has 2 aromatic rings. The molecule has 7 heteroatoms. The molecule has 0 amide bonds. The van der Waals surface area contributed by atoms with Gasteiger partial charge in [-0.2, -0.15) is 0 Å². The van der Waals surface area contributed by atoms with Crippen molar-refractivity contribution in [2.24, 2.45) is 0 Å². The smallest absolute Gasteiger partial charge is 0.331 e. The second-order valence-electron chi connectivity index (χ2n) is 4.33. The van der Waals surface area contributed by atoms with Crippen LogP contribution in [0.15, 0.2) is 47.9 Å². The van der Waals surface area contributed by atoms with Crippen LogP contribution < -0.4 is 5.32 Å². The lowest BCUT2D eigenvalue weighted by atomic mass is 10.3. The van der Waals surface area contributed by atoms with E-state index < -0.39 is 11.9 Å². The number of nitrogens with one attached hydrogen (secondary N) is 1. The summed E-state index contributed by atoms with van der Waals surface area (Å²) < 4.78 is 9.67. The summed E-state index contributed by atoms with van der Waals surface area (Å²) in [5.74, 6) is -1.20. The number of thiazole rings is 1. The van der Waals surface area contributed by atoms with Crippen LogP contribution in [0.25, 0.3) is 0 Å². The third-order valence-corrected chi connectivity index (χ3v) is 3.39. The third-order valence-electron chi connectivity index (χ3n) is 2.58. The summed E-state index contributed by atoms with van der Waals surface area (Å²) in [6.45, 7) is 1.99. The second kappa shape index (κ2) is 8.70. The van der Waals surface area contributed by atoms with E-state index in [1.807, 2.05) is 30.3 Å². The number of nitrogens with zero attached hydrogens (tertiary/aromatic N) is 1. The van der Waals surface area contributed by atoms with E-state index in [-0.39, 0.29) is 13.2 Å². The van der Waals surface area contributed by atoms with Gasteiger partial charge in [0.15, 0.2) is 5.13 Å². The molecule has 0 aliphatic carbocycles. The summed E-state index contributed by atoms with van der Waals surface area (Å²) in [5.41, 5.74) is 1.56. The van der Waals surface area contributed by atoms with Crippen LogP contribution in [-0.4, -0.2) is 23.5 Å². The number of carbonyl (C=O) groups is 2. The number of benzene rings is 1. The Hall–Kier alpha value is -2.67. The molecule has 6 nitrogen and oxygen atoms in total. The molecule has 0 bridgehead atoms. The molecule has 23 heavy (non-hydrogen) atoms. The summed E-state index contributed by atoms with van der Waals surface area (Å²) in [4.78, 5) is 26.8. The first kappa shape index (κ1) is 16.7. The standard InChI is InChI=1S/C16H16N2O4S/c1-2-21-14(19)8-9-15(20)22-10-13-11-23-16(18-13)17-12-6-4-3-5-7-12/h3-9,11H,2,10H2,1H3,(H,17,18)/b9-8+. The van der Waals surface area contributed by atoms with Crippen LogP contribution in [0, 0.1) is 0 Å². The Kier molecular flexibility index (Phi) is 6.31. The molecule has 1 N–H and O–H groups in total. The highest BCUT2D eigenvalue weighted by atomic mass is 32.1. The van der Waals surface area contributed by atoms with Crippen molar-refractivity contribution < 1.29 is 19.1 Å². The highest BCUT2D eigenvalue weighted by molar-refractivity contribution is 7.13. The van der Waals surface area contributed by atoms with Crippen molar-refractivity contribution in [1.29, 1.82) is 0 Å². The van der Waals surface area contributed by atoms with Gasteiger partial charge in [-0.3, -0.25) is 0 Å². The fourth-order valence-electron chi connectivity index (χ4n) is 1.60. The third kappa shape index (κ3) is 5.91. The molecule has 0 radical (unpaired) electrons. The molecule has 1 heterocycles. The molecular weight excluding hydrogens is 316 g/mol. The lowest BCUT2D eigenvalue weighted by Crippen LogP contribution is -2.04. The molecule has 0 saturated carbocycles. The van der Waals surface area contributed by atoms with Crippen molar-refractivity contribution in [2.45, 2.75) is 13.5 Å². The van der Waals surface area contributed by atoms with Gasteiger partial charge >= 0.3 is 11.9 Å². The molecule has 0 atom stereocenters. The summed E-state index contributed by atoms with van der Waals surface area (Å²) in [7, 11) is 0. The van der Waals surface area contributed by atoms with Gasteiger partial charge in [0.05, 0.1) is 12.3 Å². The van der Waals surface area contributed by atoms with Crippen molar-refractivity contribution in [2.75, 3.05) is 11.9 Å². The minimum atomic E-state index is -0.622. The zero-order valence-corrected chi connectivity index (χ0v) is 13.3. The van der Waals surface area contributed by atoms with Crippen LogP contribution in [0.5, 0.6) is 0 Å². The van der Waals surface area contributed by atoms with E-state index >= 15 is 0 Å². The molecule has 2 rings (SSSR count). The van der Waals surface area contributed by atoms with E-state index in [0.29, 0.717) is 10.8 Å². The van der Waals surface area contributed by atoms with Gasteiger partial charge in [0.2, 0.25) is 0 Å². The van der Waals surface area contributed by atoms with Gasteiger partial charge in [0, 0.05) is 23.2 Å². The molecule has 0 fully saturated rings. The molecule has 0 saturated heterocycles. The summed E-state index contributed by atoms with van der Waals surface area (Å²) in [6, 6.07) is 9.65. The van der Waals surface area contributed by atoms with Gasteiger partial charge in [-0.1, -0.05) is 18.2 Å². The van der Waals surface area contributed by atoms with Crippen molar-refractivity contribution in [3.8, 4) is 0 Å². The number of hydrogen-bond acceptors (Lipinski definition) is 7. The van der Waals surface area contributed by atoms with Crippen molar-refractivity contribution in [1.82, 2.24) is 4.98 Å². The quantitative estimate of drug-likeness (QED) is 0.620. The molecule has 0 spiro atoms. The molecule has 1 aromatic carbocycles. The SMILES string of the molecule is CCOC(=O)/C=C/C(=O)OCc1csc(Nc2ccccc2)n1. The number of para-hydroxylation sites is 1. The Morgan fingerprint density at radius 3 is 2.57 bits per heavy atom. The topological polar surface area (TPSA) is 77.5 Å². The number of hydrogen-bond donors (Lipinski definition) is 1. The summed E-state index contributed by atoms with van der Waals surface area (Å²) in [6.07, 6.45) is 2.07. The average molecular weight is 332 g/mol. The highest BCUT2D eigenvalue weighted by Gasteiger charge is 2.05. The zero-order chi connectivity index (χ0) is 16.5. The lowest BCUT2D eigenvalue weighted by molar-refractivity contribution is -0.141. The summed E-state index contributed by atoms with van der Waals surface area (Å²) >= 11 is 1.42. The van der Waals surface area contributed by atoms with Gasteiger partial charge in [0.1, 0.15) is 6.61 Å². The number of carbonyl (C=O) groups excluding carboxylic acids is 2. The maximum atomic E-state index is 11.5. The van der Waals surface area contributed by atoms with Gasteiger partial charge in [-0.05, 0) is 19.1 Å². The Labute approximate surface area is 137 Å². The Morgan fingerprint density at radius 2 is 1.87 bits per heavy atom. The normalized spacial score (nSPS) is 10.5. The van der Waals surface area contributed by atoms with Crippen molar-refractivity contribution in [3.05, 3.63) is 53.6 Å². The Morgan fingerprint density at radius 1 is 1.17 bits per heavy atom. The number of esters is 2.